The average Bonchev–Trinajstić information content (AvgIpc) is 3.16. The summed E-state index contributed by atoms with van der Waals surface area (Å²) in [5, 5.41) is 14.5. The number of hydrogen-bond acceptors (Lipinski definition) is 4. The van der Waals surface area contributed by atoms with E-state index in [4.69, 9.17) is 0 Å². The fourth-order valence-corrected chi connectivity index (χ4v) is 3.75. The van der Waals surface area contributed by atoms with Crippen LogP contribution in [0.25, 0.3) is 11.8 Å². The van der Waals surface area contributed by atoms with Gasteiger partial charge in [-0.2, -0.15) is 5.26 Å². The third-order valence-electron chi connectivity index (χ3n) is 4.06. The first-order chi connectivity index (χ1) is 12.9. The van der Waals surface area contributed by atoms with Crippen LogP contribution >= 0.6 is 27.3 Å². The van der Waals surface area contributed by atoms with Crippen molar-refractivity contribution in [1.82, 2.24) is 9.55 Å². The lowest BCUT2D eigenvalue weighted by atomic mass is 10.1. The van der Waals surface area contributed by atoms with Gasteiger partial charge in [-0.1, -0.05) is 15.9 Å². The van der Waals surface area contributed by atoms with E-state index >= 15 is 0 Å². The van der Waals surface area contributed by atoms with E-state index in [1.807, 2.05) is 62.6 Å². The average molecular weight is 441 g/mol. The first kappa shape index (κ1) is 19.1. The number of rotatable bonds is 4. The maximum absolute atomic E-state index is 12.4. The second-order valence-corrected chi connectivity index (χ2v) is 7.83. The maximum Gasteiger partial charge on any atom is 0.268 e. The molecule has 0 saturated carbocycles. The topological polar surface area (TPSA) is 70.7 Å². The van der Waals surface area contributed by atoms with Gasteiger partial charge in [-0.15, -0.1) is 11.3 Å². The molecule has 0 aliphatic carbocycles. The van der Waals surface area contributed by atoms with E-state index in [2.05, 4.69) is 30.8 Å². The van der Waals surface area contributed by atoms with E-state index in [0.717, 1.165) is 32.8 Å². The number of carbonyl (C=O) groups excluding carboxylic acids is 1. The van der Waals surface area contributed by atoms with Gasteiger partial charge >= 0.3 is 0 Å². The standard InChI is InChI=1S/C20H17BrN4OS/c1-12-11-27-20(23-12)24-19(26)16(10-22)9-15-8-13(2)25(14(15)3)18-6-4-17(21)5-7-18/h4-9,11H,1-3H3,(H,23,24,26)/b16-9-. The Labute approximate surface area is 170 Å². The number of nitrogens with one attached hydrogen (secondary N) is 1. The zero-order valence-corrected chi connectivity index (χ0v) is 17.5. The van der Waals surface area contributed by atoms with Crippen LogP contribution in [-0.4, -0.2) is 15.5 Å². The van der Waals surface area contributed by atoms with E-state index in [1.165, 1.54) is 11.3 Å². The molecule has 0 saturated heterocycles. The van der Waals surface area contributed by atoms with Crippen molar-refractivity contribution in [3.05, 3.63) is 68.4 Å². The van der Waals surface area contributed by atoms with E-state index in [-0.39, 0.29) is 5.57 Å². The lowest BCUT2D eigenvalue weighted by molar-refractivity contribution is -0.112. The fraction of sp³-hybridized carbons (Fsp3) is 0.150. The van der Waals surface area contributed by atoms with E-state index in [1.54, 1.807) is 6.08 Å². The molecule has 3 rings (SSSR count). The van der Waals surface area contributed by atoms with Gasteiger partial charge in [0.15, 0.2) is 5.13 Å². The van der Waals surface area contributed by atoms with Crippen molar-refractivity contribution in [1.29, 1.82) is 5.26 Å². The van der Waals surface area contributed by atoms with Gasteiger partial charge in [-0.05, 0) is 62.7 Å². The first-order valence-corrected chi connectivity index (χ1v) is 9.86. The lowest BCUT2D eigenvalue weighted by Gasteiger charge is -2.09. The number of nitrogens with zero attached hydrogens (tertiary/aromatic N) is 3. The minimum atomic E-state index is -0.458. The minimum absolute atomic E-state index is 0.0407. The third-order valence-corrected chi connectivity index (χ3v) is 5.46. The molecule has 0 aliphatic heterocycles. The van der Waals surface area contributed by atoms with Crippen molar-refractivity contribution >= 4 is 44.4 Å². The SMILES string of the molecule is Cc1csc(NC(=O)/C(C#N)=C\c2cc(C)n(-c3ccc(Br)cc3)c2C)n1. The highest BCUT2D eigenvalue weighted by atomic mass is 79.9. The van der Waals surface area contributed by atoms with Gasteiger partial charge < -0.3 is 4.57 Å². The van der Waals surface area contributed by atoms with Gasteiger partial charge in [-0.3, -0.25) is 10.1 Å². The van der Waals surface area contributed by atoms with Crippen molar-refractivity contribution < 1.29 is 4.79 Å². The number of carbonyl (C=O) groups is 1. The Hall–Kier alpha value is -2.69. The molecule has 2 aromatic heterocycles. The Balaban J connectivity index is 1.93. The summed E-state index contributed by atoms with van der Waals surface area (Å²) in [5.74, 6) is -0.458. The number of aromatic nitrogens is 2. The summed E-state index contributed by atoms with van der Waals surface area (Å²) in [6, 6.07) is 11.9. The molecule has 1 aromatic carbocycles. The molecule has 0 radical (unpaired) electrons. The monoisotopic (exact) mass is 440 g/mol. The molecule has 0 unspecified atom stereocenters. The summed E-state index contributed by atoms with van der Waals surface area (Å²) in [6.45, 7) is 5.82. The molecule has 136 valence electrons. The van der Waals surface area contributed by atoms with Crippen molar-refractivity contribution in [2.75, 3.05) is 5.32 Å². The van der Waals surface area contributed by atoms with Gasteiger partial charge in [0, 0.05) is 26.9 Å². The molecule has 1 N–H and O–H groups in total. The predicted octanol–water partition coefficient (Wildman–Crippen LogP) is 5.17. The smallest absolute Gasteiger partial charge is 0.268 e. The second-order valence-electron chi connectivity index (χ2n) is 6.06. The summed E-state index contributed by atoms with van der Waals surface area (Å²) in [7, 11) is 0. The molecule has 27 heavy (non-hydrogen) atoms. The van der Waals surface area contributed by atoms with Crippen LogP contribution in [0.4, 0.5) is 5.13 Å². The van der Waals surface area contributed by atoms with Crippen molar-refractivity contribution in [2.24, 2.45) is 0 Å². The number of aryl methyl sites for hydroxylation is 2. The van der Waals surface area contributed by atoms with E-state index in [9.17, 15) is 10.1 Å². The van der Waals surface area contributed by atoms with Gasteiger partial charge in [-0.25, -0.2) is 4.98 Å². The largest absolute Gasteiger partial charge is 0.318 e. The maximum atomic E-state index is 12.4. The van der Waals surface area contributed by atoms with Gasteiger partial charge in [0.1, 0.15) is 11.6 Å². The first-order valence-electron chi connectivity index (χ1n) is 8.19. The van der Waals surface area contributed by atoms with Crippen LogP contribution in [0.3, 0.4) is 0 Å². The van der Waals surface area contributed by atoms with Crippen LogP contribution < -0.4 is 5.32 Å². The molecule has 0 spiro atoms. The molecule has 1 amide bonds. The van der Waals surface area contributed by atoms with Crippen LogP contribution in [0, 0.1) is 32.1 Å². The second kappa shape index (κ2) is 7.91. The van der Waals surface area contributed by atoms with Gasteiger partial charge in [0.05, 0.1) is 5.69 Å². The molecular formula is C20H17BrN4OS. The minimum Gasteiger partial charge on any atom is -0.318 e. The fourth-order valence-electron chi connectivity index (χ4n) is 2.80. The Morgan fingerprint density at radius 1 is 1.30 bits per heavy atom. The molecule has 0 atom stereocenters. The quantitative estimate of drug-likeness (QED) is 0.449. The Kier molecular flexibility index (Phi) is 5.59. The molecule has 2 heterocycles. The van der Waals surface area contributed by atoms with Crippen molar-refractivity contribution in [3.8, 4) is 11.8 Å². The highest BCUT2D eigenvalue weighted by molar-refractivity contribution is 9.10. The van der Waals surface area contributed by atoms with Gasteiger partial charge in [0.2, 0.25) is 0 Å². The molecule has 0 bridgehead atoms. The van der Waals surface area contributed by atoms with E-state index < -0.39 is 5.91 Å². The van der Waals surface area contributed by atoms with Gasteiger partial charge in [0.25, 0.3) is 5.91 Å². The summed E-state index contributed by atoms with van der Waals surface area (Å²) in [5.41, 5.74) is 4.70. The molecule has 0 fully saturated rings. The summed E-state index contributed by atoms with van der Waals surface area (Å²) in [6.07, 6.45) is 1.62. The van der Waals surface area contributed by atoms with Crippen LogP contribution in [0.2, 0.25) is 0 Å². The Bertz CT molecular complexity index is 1070. The summed E-state index contributed by atoms with van der Waals surface area (Å²) < 4.78 is 3.10. The molecule has 5 nitrogen and oxygen atoms in total. The van der Waals surface area contributed by atoms with Crippen LogP contribution in [-0.2, 0) is 4.79 Å². The lowest BCUT2D eigenvalue weighted by Crippen LogP contribution is -2.13. The molecule has 0 aliphatic rings. The van der Waals surface area contributed by atoms with Crippen molar-refractivity contribution in [2.45, 2.75) is 20.8 Å². The number of anilines is 1. The molecule has 3 aromatic rings. The number of thiazole rings is 1. The number of benzene rings is 1. The Morgan fingerprint density at radius 2 is 2.00 bits per heavy atom. The predicted molar refractivity (Wildman–Crippen MR) is 112 cm³/mol. The Morgan fingerprint density at radius 3 is 2.59 bits per heavy atom. The molecular weight excluding hydrogens is 424 g/mol. The van der Waals surface area contributed by atoms with E-state index in [0.29, 0.717) is 5.13 Å². The van der Waals surface area contributed by atoms with Crippen LogP contribution in [0.5, 0.6) is 0 Å². The molecule has 7 heteroatoms. The number of amides is 1. The summed E-state index contributed by atoms with van der Waals surface area (Å²) >= 11 is 4.78. The normalized spacial score (nSPS) is 11.3. The zero-order chi connectivity index (χ0) is 19.6. The number of hydrogen-bond donors (Lipinski definition) is 1. The number of nitriles is 1. The highest BCUT2D eigenvalue weighted by Crippen LogP contribution is 2.24. The van der Waals surface area contributed by atoms with Crippen molar-refractivity contribution in [3.63, 3.8) is 0 Å². The third kappa shape index (κ3) is 4.18. The number of halogens is 1. The van der Waals surface area contributed by atoms with Crippen LogP contribution in [0.15, 0.2) is 45.8 Å². The highest BCUT2D eigenvalue weighted by Gasteiger charge is 2.15. The zero-order valence-electron chi connectivity index (χ0n) is 15.1. The van der Waals surface area contributed by atoms with Crippen LogP contribution in [0.1, 0.15) is 22.6 Å². The summed E-state index contributed by atoms with van der Waals surface area (Å²) in [4.78, 5) is 16.6.